The molecule has 2 aromatic carbocycles. The number of para-hydroxylation sites is 2. The smallest absolute Gasteiger partial charge is 0.336 e. The van der Waals surface area contributed by atoms with Crippen molar-refractivity contribution in [1.82, 2.24) is 10.3 Å². The van der Waals surface area contributed by atoms with Crippen molar-refractivity contribution in [3.05, 3.63) is 102 Å². The first kappa shape index (κ1) is 21.7. The zero-order valence-electron chi connectivity index (χ0n) is 18.2. The first-order valence-electron chi connectivity index (χ1n) is 10.6. The molecule has 1 aliphatic rings. The van der Waals surface area contributed by atoms with Crippen LogP contribution in [0.2, 0.25) is 0 Å². The van der Waals surface area contributed by atoms with Crippen molar-refractivity contribution in [2.24, 2.45) is 0 Å². The summed E-state index contributed by atoms with van der Waals surface area (Å²) < 4.78 is 11.9. The summed E-state index contributed by atoms with van der Waals surface area (Å²) in [5.74, 6) is 0.732. The van der Waals surface area contributed by atoms with E-state index in [-0.39, 0.29) is 17.6 Å². The number of nitrogens with one attached hydrogen (secondary N) is 1. The standard InChI is InChI=1S/C26H21N3O4S/c1-32-21-12-5-4-11-19(21)29-24(23(28-26(29)34)18-10-6-7-15-27-18)22-14-13-20(33-22)16-8-2-3-9-17(16)25(30)31/h2-15,23-24H,1H3,(H,28,34)(H,30,31)/t23-,24-/m0/s1. The Hall–Kier alpha value is -4.17. The lowest BCUT2D eigenvalue weighted by atomic mass is 10.0. The molecule has 0 radical (unpaired) electrons. The van der Waals surface area contributed by atoms with Crippen LogP contribution in [0.1, 0.15) is 33.9 Å². The van der Waals surface area contributed by atoms with E-state index < -0.39 is 5.97 Å². The SMILES string of the molecule is COc1ccccc1N1C(=S)N[C@@H](c2ccccn2)[C@@H]1c1ccc(-c2ccccc2C(=O)O)o1. The largest absolute Gasteiger partial charge is 0.495 e. The number of anilines is 1. The number of benzene rings is 2. The zero-order chi connectivity index (χ0) is 23.7. The fraction of sp³-hybridized carbons (Fsp3) is 0.115. The fourth-order valence-corrected chi connectivity index (χ4v) is 4.61. The Morgan fingerprint density at radius 3 is 2.59 bits per heavy atom. The maximum Gasteiger partial charge on any atom is 0.336 e. The summed E-state index contributed by atoms with van der Waals surface area (Å²) in [6, 6.07) is 23.1. The molecule has 4 aromatic rings. The minimum atomic E-state index is -1.01. The summed E-state index contributed by atoms with van der Waals surface area (Å²) in [4.78, 5) is 18.2. The summed E-state index contributed by atoms with van der Waals surface area (Å²) >= 11 is 5.75. The highest BCUT2D eigenvalue weighted by atomic mass is 32.1. The van der Waals surface area contributed by atoms with Gasteiger partial charge >= 0.3 is 5.97 Å². The quantitative estimate of drug-likeness (QED) is 0.370. The Morgan fingerprint density at radius 2 is 1.82 bits per heavy atom. The van der Waals surface area contributed by atoms with E-state index in [0.717, 1.165) is 11.4 Å². The second-order valence-corrected chi connectivity index (χ2v) is 8.11. The van der Waals surface area contributed by atoms with Crippen molar-refractivity contribution < 1.29 is 19.1 Å². The van der Waals surface area contributed by atoms with Crippen molar-refractivity contribution in [2.75, 3.05) is 12.0 Å². The van der Waals surface area contributed by atoms with E-state index in [9.17, 15) is 9.90 Å². The zero-order valence-corrected chi connectivity index (χ0v) is 19.0. The molecule has 1 fully saturated rings. The van der Waals surface area contributed by atoms with Crippen LogP contribution in [0.3, 0.4) is 0 Å². The van der Waals surface area contributed by atoms with Gasteiger partial charge in [-0.15, -0.1) is 0 Å². The maximum atomic E-state index is 11.7. The number of furan rings is 1. The highest BCUT2D eigenvalue weighted by Crippen LogP contribution is 2.45. The van der Waals surface area contributed by atoms with Crippen molar-refractivity contribution in [2.45, 2.75) is 12.1 Å². The molecule has 0 unspecified atom stereocenters. The Balaban J connectivity index is 1.64. The second-order valence-electron chi connectivity index (χ2n) is 7.72. The number of aromatic carboxylic acids is 1. The molecule has 1 aliphatic heterocycles. The highest BCUT2D eigenvalue weighted by molar-refractivity contribution is 7.80. The number of hydrogen-bond acceptors (Lipinski definition) is 5. The topological polar surface area (TPSA) is 87.8 Å². The van der Waals surface area contributed by atoms with Gasteiger partial charge < -0.3 is 24.5 Å². The second kappa shape index (κ2) is 8.99. The summed E-state index contributed by atoms with van der Waals surface area (Å²) in [5.41, 5.74) is 2.27. The van der Waals surface area contributed by atoms with Crippen LogP contribution in [-0.2, 0) is 0 Å². The van der Waals surface area contributed by atoms with E-state index in [1.165, 1.54) is 0 Å². The molecule has 7 nitrogen and oxygen atoms in total. The van der Waals surface area contributed by atoms with Crippen molar-refractivity contribution in [1.29, 1.82) is 0 Å². The Morgan fingerprint density at radius 1 is 1.06 bits per heavy atom. The molecule has 2 atom stereocenters. The van der Waals surface area contributed by atoms with Gasteiger partial charge in [0.15, 0.2) is 5.11 Å². The van der Waals surface area contributed by atoms with Gasteiger partial charge in [-0.25, -0.2) is 4.79 Å². The number of pyridine rings is 1. The van der Waals surface area contributed by atoms with E-state index in [1.54, 1.807) is 43.6 Å². The Labute approximate surface area is 201 Å². The number of nitrogens with zero attached hydrogens (tertiary/aromatic N) is 2. The van der Waals surface area contributed by atoms with Gasteiger partial charge in [0.05, 0.1) is 30.1 Å². The number of carboxylic acids is 1. The molecule has 0 amide bonds. The van der Waals surface area contributed by atoms with Crippen LogP contribution < -0.4 is 15.0 Å². The van der Waals surface area contributed by atoms with Gasteiger partial charge in [-0.05, 0) is 54.7 Å². The predicted molar refractivity (Wildman–Crippen MR) is 132 cm³/mol. The lowest BCUT2D eigenvalue weighted by Crippen LogP contribution is -2.29. The third kappa shape index (κ3) is 3.78. The molecule has 0 aliphatic carbocycles. The summed E-state index contributed by atoms with van der Waals surface area (Å²) in [6.07, 6.45) is 1.74. The van der Waals surface area contributed by atoms with Gasteiger partial charge in [0, 0.05) is 11.8 Å². The summed E-state index contributed by atoms with van der Waals surface area (Å²) in [6.45, 7) is 0. The van der Waals surface area contributed by atoms with Crippen molar-refractivity contribution in [3.63, 3.8) is 0 Å². The predicted octanol–water partition coefficient (Wildman–Crippen LogP) is 5.23. The number of aromatic nitrogens is 1. The molecule has 170 valence electrons. The first-order chi connectivity index (χ1) is 16.6. The number of thiocarbonyl (C=S) groups is 1. The van der Waals surface area contributed by atoms with Crippen molar-refractivity contribution in [3.8, 4) is 17.1 Å². The monoisotopic (exact) mass is 471 g/mol. The van der Waals surface area contributed by atoms with Crippen LogP contribution in [0.5, 0.6) is 5.75 Å². The molecule has 0 bridgehead atoms. The van der Waals surface area contributed by atoms with E-state index in [2.05, 4.69) is 10.3 Å². The number of carbonyl (C=O) groups is 1. The number of hydrogen-bond donors (Lipinski definition) is 2. The van der Waals surface area contributed by atoms with E-state index in [1.807, 2.05) is 53.4 Å². The average Bonchev–Trinajstić information content (AvgIpc) is 3.49. The molecular weight excluding hydrogens is 450 g/mol. The van der Waals surface area contributed by atoms with E-state index in [0.29, 0.717) is 27.9 Å². The molecule has 2 N–H and O–H groups in total. The van der Waals surface area contributed by atoms with Crippen molar-refractivity contribution >= 4 is 29.0 Å². The highest BCUT2D eigenvalue weighted by Gasteiger charge is 2.43. The number of carboxylic acid groups (broad SMARTS) is 1. The van der Waals surface area contributed by atoms with Crippen LogP contribution in [0.4, 0.5) is 5.69 Å². The van der Waals surface area contributed by atoms with E-state index in [4.69, 9.17) is 21.4 Å². The van der Waals surface area contributed by atoms with Gasteiger partial charge in [0.2, 0.25) is 0 Å². The Bertz CT molecular complexity index is 1350. The lowest BCUT2D eigenvalue weighted by molar-refractivity contribution is 0.0697. The number of rotatable bonds is 6. The van der Waals surface area contributed by atoms with Gasteiger partial charge in [-0.2, -0.15) is 0 Å². The number of methoxy groups -OCH3 is 1. The van der Waals surface area contributed by atoms with Gasteiger partial charge in [0.25, 0.3) is 0 Å². The summed E-state index contributed by atoms with van der Waals surface area (Å²) in [5, 5.41) is 13.5. The van der Waals surface area contributed by atoms with Crippen LogP contribution >= 0.6 is 12.2 Å². The minimum absolute atomic E-state index is 0.173. The molecule has 0 spiro atoms. The maximum absolute atomic E-state index is 11.7. The molecule has 0 saturated carbocycles. The molecule has 3 heterocycles. The van der Waals surface area contributed by atoms with Crippen LogP contribution in [-0.4, -0.2) is 28.3 Å². The fourth-order valence-electron chi connectivity index (χ4n) is 4.27. The third-order valence-electron chi connectivity index (χ3n) is 5.78. The average molecular weight is 472 g/mol. The minimum Gasteiger partial charge on any atom is -0.495 e. The van der Waals surface area contributed by atoms with E-state index >= 15 is 0 Å². The lowest BCUT2D eigenvalue weighted by Gasteiger charge is -2.27. The first-order valence-corrected chi connectivity index (χ1v) is 11.1. The van der Waals surface area contributed by atoms with Crippen LogP contribution in [0, 0.1) is 0 Å². The van der Waals surface area contributed by atoms with Gasteiger partial charge in [0.1, 0.15) is 23.3 Å². The van der Waals surface area contributed by atoms with Crippen LogP contribution in [0.25, 0.3) is 11.3 Å². The van der Waals surface area contributed by atoms with Gasteiger partial charge in [-0.1, -0.05) is 36.4 Å². The molecule has 8 heteroatoms. The molecular formula is C26H21N3O4S. The molecule has 1 saturated heterocycles. The van der Waals surface area contributed by atoms with Gasteiger partial charge in [-0.3, -0.25) is 4.98 Å². The molecule has 5 rings (SSSR count). The number of ether oxygens (including phenoxy) is 1. The Kier molecular flexibility index (Phi) is 5.73. The normalized spacial score (nSPS) is 17.4. The third-order valence-corrected chi connectivity index (χ3v) is 6.10. The molecule has 34 heavy (non-hydrogen) atoms. The molecule has 2 aromatic heterocycles. The van der Waals surface area contributed by atoms with Crippen LogP contribution in [0.15, 0.2) is 89.5 Å². The summed E-state index contributed by atoms with van der Waals surface area (Å²) in [7, 11) is 1.62.